The maximum absolute atomic E-state index is 13.4. The molecule has 0 spiro atoms. The standard InChI is InChI=1S/C19H19N3O5S/c1-20-19(24)17-11-22(15-4-2-3-5-16(15)27-17)28(25,26)13-7-8-14-12(10-13)6-9-18(23)21-14/h2-5,7-8,10,17H,6,9,11H2,1H3,(H,20,24)(H,21,23). The van der Waals surface area contributed by atoms with E-state index >= 15 is 0 Å². The van der Waals surface area contributed by atoms with Gasteiger partial charge in [0.2, 0.25) is 5.91 Å². The van der Waals surface area contributed by atoms with E-state index in [1.165, 1.54) is 17.4 Å². The molecule has 0 aliphatic carbocycles. The predicted molar refractivity (Wildman–Crippen MR) is 103 cm³/mol. The first-order chi connectivity index (χ1) is 13.4. The number of para-hydroxylation sites is 2. The van der Waals surface area contributed by atoms with Crippen LogP contribution in [0.1, 0.15) is 12.0 Å². The van der Waals surface area contributed by atoms with Crippen LogP contribution < -0.4 is 19.7 Å². The minimum atomic E-state index is -3.94. The highest BCUT2D eigenvalue weighted by Crippen LogP contribution is 2.37. The molecule has 2 heterocycles. The molecule has 146 valence electrons. The second kappa shape index (κ2) is 6.83. The molecule has 28 heavy (non-hydrogen) atoms. The molecule has 2 amide bonds. The van der Waals surface area contributed by atoms with Crippen molar-refractivity contribution in [1.29, 1.82) is 0 Å². The van der Waals surface area contributed by atoms with Gasteiger partial charge < -0.3 is 15.4 Å². The first-order valence-corrected chi connectivity index (χ1v) is 10.3. The van der Waals surface area contributed by atoms with Gasteiger partial charge in [-0.1, -0.05) is 12.1 Å². The summed E-state index contributed by atoms with van der Waals surface area (Å²) in [5, 5.41) is 5.24. The third-order valence-corrected chi connectivity index (χ3v) is 6.61. The van der Waals surface area contributed by atoms with Gasteiger partial charge in [-0.2, -0.15) is 0 Å². The zero-order chi connectivity index (χ0) is 19.9. The number of benzene rings is 2. The SMILES string of the molecule is CNC(=O)C1CN(S(=O)(=O)c2ccc3c(c2)CCC(=O)N3)c2ccccc2O1. The van der Waals surface area contributed by atoms with Crippen LogP contribution in [0.4, 0.5) is 11.4 Å². The Bertz CT molecular complexity index is 1070. The fraction of sp³-hybridized carbons (Fsp3) is 0.263. The van der Waals surface area contributed by atoms with Crippen LogP contribution >= 0.6 is 0 Å². The van der Waals surface area contributed by atoms with Crippen molar-refractivity contribution in [3.8, 4) is 5.75 Å². The number of rotatable bonds is 3. The maximum Gasteiger partial charge on any atom is 0.264 e. The first-order valence-electron chi connectivity index (χ1n) is 8.83. The fourth-order valence-corrected chi connectivity index (χ4v) is 4.90. The van der Waals surface area contributed by atoms with Crippen molar-refractivity contribution in [2.24, 2.45) is 0 Å². The minimum Gasteiger partial charge on any atom is -0.476 e. The number of sulfonamides is 1. The van der Waals surface area contributed by atoms with Crippen molar-refractivity contribution in [3.05, 3.63) is 48.0 Å². The van der Waals surface area contributed by atoms with Crippen molar-refractivity contribution in [3.63, 3.8) is 0 Å². The second-order valence-corrected chi connectivity index (χ2v) is 8.45. The molecule has 0 radical (unpaired) electrons. The Morgan fingerprint density at radius 3 is 2.79 bits per heavy atom. The van der Waals surface area contributed by atoms with Crippen molar-refractivity contribution < 1.29 is 22.7 Å². The van der Waals surface area contributed by atoms with E-state index in [4.69, 9.17) is 4.74 Å². The molecule has 0 aromatic heterocycles. The smallest absolute Gasteiger partial charge is 0.264 e. The average Bonchev–Trinajstić information content (AvgIpc) is 2.71. The Balaban J connectivity index is 1.76. The predicted octanol–water partition coefficient (Wildman–Crippen LogP) is 1.27. The van der Waals surface area contributed by atoms with Crippen LogP contribution in [0, 0.1) is 0 Å². The lowest BCUT2D eigenvalue weighted by atomic mass is 10.0. The monoisotopic (exact) mass is 401 g/mol. The third-order valence-electron chi connectivity index (χ3n) is 4.83. The summed E-state index contributed by atoms with van der Waals surface area (Å²) in [6.45, 7) is -0.132. The van der Waals surface area contributed by atoms with Gasteiger partial charge in [0.1, 0.15) is 5.75 Å². The van der Waals surface area contributed by atoms with E-state index < -0.39 is 22.0 Å². The number of amides is 2. The van der Waals surface area contributed by atoms with E-state index in [0.29, 0.717) is 30.0 Å². The number of nitrogens with zero attached hydrogens (tertiary/aromatic N) is 1. The topological polar surface area (TPSA) is 105 Å². The van der Waals surface area contributed by atoms with E-state index in [-0.39, 0.29) is 17.3 Å². The van der Waals surface area contributed by atoms with E-state index in [9.17, 15) is 18.0 Å². The summed E-state index contributed by atoms with van der Waals surface area (Å²) in [5.74, 6) is -0.155. The van der Waals surface area contributed by atoms with E-state index in [2.05, 4.69) is 10.6 Å². The van der Waals surface area contributed by atoms with E-state index in [1.54, 1.807) is 36.4 Å². The van der Waals surface area contributed by atoms with Gasteiger partial charge in [-0.3, -0.25) is 13.9 Å². The number of ether oxygens (including phenoxy) is 1. The van der Waals surface area contributed by atoms with Gasteiger partial charge >= 0.3 is 0 Å². The molecule has 2 N–H and O–H groups in total. The molecule has 1 unspecified atom stereocenters. The quantitative estimate of drug-likeness (QED) is 0.806. The summed E-state index contributed by atoms with van der Waals surface area (Å²) in [4.78, 5) is 23.7. The van der Waals surface area contributed by atoms with Crippen LogP contribution in [0.5, 0.6) is 5.75 Å². The van der Waals surface area contributed by atoms with Crippen LogP contribution in [0.25, 0.3) is 0 Å². The highest BCUT2D eigenvalue weighted by molar-refractivity contribution is 7.92. The Morgan fingerprint density at radius 1 is 1.21 bits per heavy atom. The average molecular weight is 401 g/mol. The van der Waals surface area contributed by atoms with Gasteiger partial charge in [-0.15, -0.1) is 0 Å². The molecule has 0 fully saturated rings. The van der Waals surface area contributed by atoms with Crippen LogP contribution in [0.3, 0.4) is 0 Å². The summed E-state index contributed by atoms with van der Waals surface area (Å²) in [5.41, 5.74) is 1.78. The molecule has 0 saturated heterocycles. The third kappa shape index (κ3) is 3.07. The molecule has 0 bridgehead atoms. The molecule has 2 aliphatic heterocycles. The van der Waals surface area contributed by atoms with Crippen molar-refractivity contribution in [2.45, 2.75) is 23.8 Å². The normalized spacial score (nSPS) is 18.4. The van der Waals surface area contributed by atoms with Gasteiger partial charge in [0.25, 0.3) is 15.9 Å². The van der Waals surface area contributed by atoms with Gasteiger partial charge in [-0.05, 0) is 42.3 Å². The van der Waals surface area contributed by atoms with Crippen molar-refractivity contribution in [2.75, 3.05) is 23.2 Å². The van der Waals surface area contributed by atoms with Gasteiger partial charge in [0, 0.05) is 19.2 Å². The minimum absolute atomic E-state index is 0.0846. The first kappa shape index (κ1) is 18.3. The van der Waals surface area contributed by atoms with Crippen molar-refractivity contribution in [1.82, 2.24) is 5.32 Å². The van der Waals surface area contributed by atoms with Crippen LogP contribution in [-0.4, -0.2) is 39.9 Å². The number of carbonyl (C=O) groups is 2. The molecule has 1 atom stereocenters. The molecule has 4 rings (SSSR count). The summed E-state index contributed by atoms with van der Waals surface area (Å²) in [7, 11) is -2.46. The highest BCUT2D eigenvalue weighted by Gasteiger charge is 2.37. The Labute approximate surface area is 162 Å². The number of nitrogens with one attached hydrogen (secondary N) is 2. The maximum atomic E-state index is 13.4. The Kier molecular flexibility index (Phi) is 4.46. The summed E-state index contributed by atoms with van der Waals surface area (Å²) in [6, 6.07) is 11.4. The van der Waals surface area contributed by atoms with Crippen LogP contribution in [0.2, 0.25) is 0 Å². The Morgan fingerprint density at radius 2 is 2.00 bits per heavy atom. The highest BCUT2D eigenvalue weighted by atomic mass is 32.2. The van der Waals surface area contributed by atoms with Gasteiger partial charge in [0.15, 0.2) is 6.10 Å². The summed E-state index contributed by atoms with van der Waals surface area (Å²) >= 11 is 0. The largest absolute Gasteiger partial charge is 0.476 e. The lowest BCUT2D eigenvalue weighted by Gasteiger charge is -2.34. The summed E-state index contributed by atoms with van der Waals surface area (Å²) < 4.78 is 33.7. The van der Waals surface area contributed by atoms with Crippen molar-refractivity contribution >= 4 is 33.2 Å². The number of likely N-dealkylation sites (N-methyl/N-ethyl adjacent to an activating group) is 1. The van der Waals surface area contributed by atoms with Crippen LogP contribution in [-0.2, 0) is 26.0 Å². The molecule has 2 aromatic rings. The number of aryl methyl sites for hydroxylation is 1. The lowest BCUT2D eigenvalue weighted by Crippen LogP contribution is -2.50. The fourth-order valence-electron chi connectivity index (χ4n) is 3.37. The van der Waals surface area contributed by atoms with E-state index in [1.807, 2.05) is 0 Å². The molecular formula is C19H19N3O5S. The Hall–Kier alpha value is -3.07. The zero-order valence-corrected chi connectivity index (χ0v) is 16.0. The molecular weight excluding hydrogens is 382 g/mol. The lowest BCUT2D eigenvalue weighted by molar-refractivity contribution is -0.127. The number of fused-ring (bicyclic) bond motifs is 2. The molecule has 8 nitrogen and oxygen atoms in total. The summed E-state index contributed by atoms with van der Waals surface area (Å²) in [6.07, 6.45) is -0.160. The van der Waals surface area contributed by atoms with Gasteiger partial charge in [0.05, 0.1) is 17.1 Å². The molecule has 2 aliphatic rings. The number of carbonyl (C=O) groups excluding carboxylic acids is 2. The van der Waals surface area contributed by atoms with Gasteiger partial charge in [-0.25, -0.2) is 8.42 Å². The molecule has 0 saturated carbocycles. The van der Waals surface area contributed by atoms with Crippen LogP contribution in [0.15, 0.2) is 47.4 Å². The number of hydrogen-bond acceptors (Lipinski definition) is 5. The zero-order valence-electron chi connectivity index (χ0n) is 15.1. The molecule has 2 aromatic carbocycles. The number of hydrogen-bond donors (Lipinski definition) is 2. The van der Waals surface area contributed by atoms with E-state index in [0.717, 1.165) is 5.56 Å². The molecule has 9 heteroatoms. The second-order valence-electron chi connectivity index (χ2n) is 6.59. The number of anilines is 2.